The van der Waals surface area contributed by atoms with Gasteiger partial charge in [-0.1, -0.05) is 0 Å². The molecular weight excluding hydrogens is 344 g/mol. The molecule has 142 valence electrons. The fourth-order valence-electron chi connectivity index (χ4n) is 2.83. The summed E-state index contributed by atoms with van der Waals surface area (Å²) in [4.78, 5) is 55.4. The van der Waals surface area contributed by atoms with E-state index < -0.39 is 36.4 Å². The molecule has 26 heavy (non-hydrogen) atoms. The standard InChI is InChI=1S/C15H22N6O5/c16-5-12(22)21-3-1-2-11(21)15(26)20-10(4-9-6-17-8-19-9)14(25)18-7-13(23)24/h6,8,10-11H,1-5,7,16H2,(H,17,19)(H,18,25)(H,20,26)(H,23,24). The quantitative estimate of drug-likeness (QED) is 0.341. The average molecular weight is 366 g/mol. The van der Waals surface area contributed by atoms with Gasteiger partial charge >= 0.3 is 5.97 Å². The monoisotopic (exact) mass is 366 g/mol. The van der Waals surface area contributed by atoms with E-state index in [4.69, 9.17) is 10.8 Å². The van der Waals surface area contributed by atoms with Gasteiger partial charge < -0.3 is 31.4 Å². The Balaban J connectivity index is 2.06. The Bertz CT molecular complexity index is 661. The largest absolute Gasteiger partial charge is 0.480 e. The van der Waals surface area contributed by atoms with E-state index in [1.54, 1.807) is 0 Å². The number of hydrogen-bond donors (Lipinski definition) is 5. The maximum Gasteiger partial charge on any atom is 0.322 e. The third kappa shape index (κ3) is 5.02. The molecule has 2 heterocycles. The number of imidazole rings is 1. The molecule has 2 atom stereocenters. The minimum atomic E-state index is -1.19. The molecule has 1 aliphatic rings. The van der Waals surface area contributed by atoms with Crippen molar-refractivity contribution in [3.8, 4) is 0 Å². The molecule has 11 heteroatoms. The van der Waals surface area contributed by atoms with Crippen molar-refractivity contribution in [2.45, 2.75) is 31.3 Å². The molecule has 0 saturated carbocycles. The van der Waals surface area contributed by atoms with Crippen molar-refractivity contribution >= 4 is 23.7 Å². The smallest absolute Gasteiger partial charge is 0.322 e. The predicted molar refractivity (Wildman–Crippen MR) is 88.7 cm³/mol. The van der Waals surface area contributed by atoms with Gasteiger partial charge in [-0.25, -0.2) is 4.98 Å². The fourth-order valence-corrected chi connectivity index (χ4v) is 2.83. The van der Waals surface area contributed by atoms with Crippen molar-refractivity contribution in [3.05, 3.63) is 18.2 Å². The third-order valence-corrected chi connectivity index (χ3v) is 4.08. The first kappa shape index (κ1) is 19.4. The van der Waals surface area contributed by atoms with Crippen LogP contribution in [0.3, 0.4) is 0 Å². The second kappa shape index (κ2) is 8.94. The molecule has 0 radical (unpaired) electrons. The summed E-state index contributed by atoms with van der Waals surface area (Å²) in [7, 11) is 0. The van der Waals surface area contributed by atoms with Gasteiger partial charge in [0.2, 0.25) is 17.7 Å². The number of carbonyl (C=O) groups is 4. The lowest BCUT2D eigenvalue weighted by atomic mass is 10.1. The van der Waals surface area contributed by atoms with Gasteiger partial charge in [-0.3, -0.25) is 19.2 Å². The lowest BCUT2D eigenvalue weighted by molar-refractivity contribution is -0.140. The zero-order valence-corrected chi connectivity index (χ0v) is 14.1. The average Bonchev–Trinajstić information content (AvgIpc) is 3.29. The minimum absolute atomic E-state index is 0.106. The van der Waals surface area contributed by atoms with E-state index in [9.17, 15) is 19.2 Å². The Morgan fingerprint density at radius 3 is 2.81 bits per heavy atom. The van der Waals surface area contributed by atoms with E-state index in [0.717, 1.165) is 0 Å². The van der Waals surface area contributed by atoms with Crippen molar-refractivity contribution in [1.82, 2.24) is 25.5 Å². The molecule has 1 aromatic rings. The number of hydrogen-bond acceptors (Lipinski definition) is 6. The van der Waals surface area contributed by atoms with Crippen LogP contribution in [0.15, 0.2) is 12.5 Å². The van der Waals surface area contributed by atoms with Crippen LogP contribution in [0.25, 0.3) is 0 Å². The van der Waals surface area contributed by atoms with Gasteiger partial charge in [0.05, 0.1) is 12.9 Å². The molecule has 1 fully saturated rings. The van der Waals surface area contributed by atoms with Gasteiger partial charge in [0.1, 0.15) is 18.6 Å². The fraction of sp³-hybridized carbons (Fsp3) is 0.533. The van der Waals surface area contributed by atoms with Crippen LogP contribution in [0.4, 0.5) is 0 Å². The molecule has 0 aromatic carbocycles. The molecular formula is C15H22N6O5. The number of carbonyl (C=O) groups excluding carboxylic acids is 3. The summed E-state index contributed by atoms with van der Waals surface area (Å²) in [6.45, 7) is -0.319. The van der Waals surface area contributed by atoms with Crippen molar-refractivity contribution in [1.29, 1.82) is 0 Å². The highest BCUT2D eigenvalue weighted by Crippen LogP contribution is 2.17. The first-order valence-corrected chi connectivity index (χ1v) is 8.19. The number of aromatic amines is 1. The molecule has 3 amide bonds. The third-order valence-electron chi connectivity index (χ3n) is 4.08. The molecule has 0 aliphatic carbocycles. The molecule has 1 aliphatic heterocycles. The van der Waals surface area contributed by atoms with Crippen LogP contribution in [0, 0.1) is 0 Å². The summed E-state index contributed by atoms with van der Waals surface area (Å²) >= 11 is 0. The van der Waals surface area contributed by atoms with Crippen molar-refractivity contribution in [2.24, 2.45) is 5.73 Å². The molecule has 0 bridgehead atoms. The van der Waals surface area contributed by atoms with E-state index in [-0.39, 0.29) is 18.9 Å². The number of aliphatic carboxylic acids is 1. The highest BCUT2D eigenvalue weighted by molar-refractivity contribution is 5.93. The van der Waals surface area contributed by atoms with E-state index in [1.807, 2.05) is 0 Å². The number of amides is 3. The zero-order chi connectivity index (χ0) is 19.1. The molecule has 1 saturated heterocycles. The molecule has 6 N–H and O–H groups in total. The van der Waals surface area contributed by atoms with Crippen LogP contribution in [-0.4, -0.2) is 75.4 Å². The molecule has 1 aromatic heterocycles. The first-order chi connectivity index (χ1) is 12.4. The number of H-pyrrole nitrogens is 1. The lowest BCUT2D eigenvalue weighted by Crippen LogP contribution is -2.54. The van der Waals surface area contributed by atoms with Crippen molar-refractivity contribution < 1.29 is 24.3 Å². The lowest BCUT2D eigenvalue weighted by Gasteiger charge is -2.25. The summed E-state index contributed by atoms with van der Waals surface area (Å²) in [5, 5.41) is 13.6. The highest BCUT2D eigenvalue weighted by Gasteiger charge is 2.35. The van der Waals surface area contributed by atoms with E-state index in [0.29, 0.717) is 25.1 Å². The van der Waals surface area contributed by atoms with Gasteiger partial charge in [-0.15, -0.1) is 0 Å². The van der Waals surface area contributed by atoms with Crippen LogP contribution < -0.4 is 16.4 Å². The Labute approximate surface area is 149 Å². The topological polar surface area (TPSA) is 171 Å². The Kier molecular flexibility index (Phi) is 6.67. The number of nitrogens with one attached hydrogen (secondary N) is 3. The SMILES string of the molecule is NCC(=O)N1CCCC1C(=O)NC(Cc1cnc[nH]1)C(=O)NCC(=O)O. The maximum atomic E-state index is 12.6. The van der Waals surface area contributed by atoms with Gasteiger partial charge in [0, 0.05) is 24.9 Å². The number of nitrogens with two attached hydrogens (primary N) is 1. The van der Waals surface area contributed by atoms with Crippen molar-refractivity contribution in [2.75, 3.05) is 19.6 Å². The summed E-state index contributed by atoms with van der Waals surface area (Å²) in [6, 6.07) is -1.69. The van der Waals surface area contributed by atoms with E-state index >= 15 is 0 Å². The van der Waals surface area contributed by atoms with Gasteiger partial charge in [-0.2, -0.15) is 0 Å². The van der Waals surface area contributed by atoms with Crippen LogP contribution in [-0.2, 0) is 25.6 Å². The van der Waals surface area contributed by atoms with Crippen LogP contribution >= 0.6 is 0 Å². The van der Waals surface area contributed by atoms with Gasteiger partial charge in [0.25, 0.3) is 0 Å². The number of nitrogens with zero attached hydrogens (tertiary/aromatic N) is 2. The Hall–Kier alpha value is -2.95. The molecule has 2 rings (SSSR count). The van der Waals surface area contributed by atoms with E-state index in [2.05, 4.69) is 20.6 Å². The van der Waals surface area contributed by atoms with Crippen LogP contribution in [0.5, 0.6) is 0 Å². The normalized spacial score (nSPS) is 17.6. The number of likely N-dealkylation sites (tertiary alicyclic amines) is 1. The summed E-state index contributed by atoms with van der Waals surface area (Å²) in [5.74, 6) is -2.63. The summed E-state index contributed by atoms with van der Waals surface area (Å²) in [6.07, 6.45) is 4.19. The highest BCUT2D eigenvalue weighted by atomic mass is 16.4. The molecule has 2 unspecified atom stereocenters. The number of rotatable bonds is 8. The molecule has 11 nitrogen and oxygen atoms in total. The molecule has 0 spiro atoms. The van der Waals surface area contributed by atoms with Gasteiger partial charge in [-0.05, 0) is 12.8 Å². The Morgan fingerprint density at radius 2 is 2.19 bits per heavy atom. The Morgan fingerprint density at radius 1 is 1.42 bits per heavy atom. The van der Waals surface area contributed by atoms with Crippen molar-refractivity contribution in [3.63, 3.8) is 0 Å². The number of aromatic nitrogens is 2. The number of carboxylic acids is 1. The van der Waals surface area contributed by atoms with E-state index in [1.165, 1.54) is 17.4 Å². The minimum Gasteiger partial charge on any atom is -0.480 e. The van der Waals surface area contributed by atoms with Gasteiger partial charge in [0.15, 0.2) is 0 Å². The maximum absolute atomic E-state index is 12.6. The second-order valence-corrected chi connectivity index (χ2v) is 5.90. The van der Waals surface area contributed by atoms with Crippen LogP contribution in [0.2, 0.25) is 0 Å². The first-order valence-electron chi connectivity index (χ1n) is 8.19. The number of carboxylic acid groups (broad SMARTS) is 1. The summed E-state index contributed by atoms with van der Waals surface area (Å²) in [5.41, 5.74) is 5.97. The second-order valence-electron chi connectivity index (χ2n) is 5.90. The predicted octanol–water partition coefficient (Wildman–Crippen LogP) is -2.41. The zero-order valence-electron chi connectivity index (χ0n) is 14.1. The summed E-state index contributed by atoms with van der Waals surface area (Å²) < 4.78 is 0. The van der Waals surface area contributed by atoms with Crippen LogP contribution in [0.1, 0.15) is 18.5 Å².